The van der Waals surface area contributed by atoms with E-state index in [-0.39, 0.29) is 5.91 Å². The molecule has 1 aromatic heterocycles. The molecule has 0 saturated carbocycles. The lowest BCUT2D eigenvalue weighted by molar-refractivity contribution is -0.124. The van der Waals surface area contributed by atoms with Crippen molar-refractivity contribution in [3.8, 4) is 0 Å². The summed E-state index contributed by atoms with van der Waals surface area (Å²) in [5.74, 6) is -0.0578. The zero-order valence-corrected chi connectivity index (χ0v) is 13.7. The SMILES string of the molecule is Cc1ccc(/C=C/C(=O)N(Cc2cccs2)C2=CN=NC2)cc1. The maximum absolute atomic E-state index is 12.6. The summed E-state index contributed by atoms with van der Waals surface area (Å²) in [7, 11) is 0. The lowest BCUT2D eigenvalue weighted by atomic mass is 10.1. The van der Waals surface area contributed by atoms with E-state index in [1.807, 2.05) is 54.8 Å². The fourth-order valence-electron chi connectivity index (χ4n) is 2.23. The van der Waals surface area contributed by atoms with Gasteiger partial charge in [0.2, 0.25) is 0 Å². The Hall–Kier alpha value is -2.53. The van der Waals surface area contributed by atoms with Crippen molar-refractivity contribution in [2.45, 2.75) is 13.5 Å². The van der Waals surface area contributed by atoms with Crippen molar-refractivity contribution in [1.29, 1.82) is 0 Å². The Bertz CT molecular complexity index is 758. The predicted octanol–water partition coefficient (Wildman–Crippen LogP) is 4.41. The molecule has 1 amide bonds. The molecular formula is C18H17N3OS. The normalized spacial score (nSPS) is 13.5. The summed E-state index contributed by atoms with van der Waals surface area (Å²) >= 11 is 1.64. The first-order chi connectivity index (χ1) is 11.2. The lowest BCUT2D eigenvalue weighted by Crippen LogP contribution is -2.28. The van der Waals surface area contributed by atoms with Crippen molar-refractivity contribution in [3.63, 3.8) is 0 Å². The monoisotopic (exact) mass is 323 g/mol. The molecule has 1 aromatic carbocycles. The lowest BCUT2D eigenvalue weighted by Gasteiger charge is -2.20. The molecule has 0 spiro atoms. The molecule has 0 N–H and O–H groups in total. The van der Waals surface area contributed by atoms with Gasteiger partial charge in [-0.15, -0.1) is 11.3 Å². The first-order valence-corrected chi connectivity index (χ1v) is 8.24. The summed E-state index contributed by atoms with van der Waals surface area (Å²) in [6.45, 7) is 3.04. The topological polar surface area (TPSA) is 45.0 Å². The summed E-state index contributed by atoms with van der Waals surface area (Å²) in [4.78, 5) is 15.5. The molecule has 116 valence electrons. The fourth-order valence-corrected chi connectivity index (χ4v) is 2.92. The van der Waals surface area contributed by atoms with Gasteiger partial charge in [-0.25, -0.2) is 0 Å². The minimum atomic E-state index is -0.0578. The van der Waals surface area contributed by atoms with E-state index in [4.69, 9.17) is 0 Å². The minimum Gasteiger partial charge on any atom is -0.304 e. The van der Waals surface area contributed by atoms with Gasteiger partial charge in [-0.2, -0.15) is 10.2 Å². The van der Waals surface area contributed by atoms with Crippen LogP contribution in [-0.4, -0.2) is 17.4 Å². The van der Waals surface area contributed by atoms with E-state index >= 15 is 0 Å². The second kappa shape index (κ2) is 7.15. The molecule has 4 nitrogen and oxygen atoms in total. The van der Waals surface area contributed by atoms with Crippen LogP contribution in [-0.2, 0) is 11.3 Å². The molecule has 0 saturated heterocycles. The van der Waals surface area contributed by atoms with Gasteiger partial charge >= 0.3 is 0 Å². The Morgan fingerprint density at radius 1 is 1.30 bits per heavy atom. The maximum Gasteiger partial charge on any atom is 0.251 e. The van der Waals surface area contributed by atoms with E-state index in [1.54, 1.807) is 28.5 Å². The van der Waals surface area contributed by atoms with Crippen LogP contribution in [0.2, 0.25) is 0 Å². The molecule has 2 heterocycles. The summed E-state index contributed by atoms with van der Waals surface area (Å²) in [5.41, 5.74) is 3.04. The average molecular weight is 323 g/mol. The molecule has 0 atom stereocenters. The van der Waals surface area contributed by atoms with Crippen LogP contribution in [0.1, 0.15) is 16.0 Å². The van der Waals surface area contributed by atoms with Crippen molar-refractivity contribution < 1.29 is 4.79 Å². The molecule has 23 heavy (non-hydrogen) atoms. The van der Waals surface area contributed by atoms with Gasteiger partial charge in [-0.05, 0) is 30.0 Å². The van der Waals surface area contributed by atoms with Crippen LogP contribution in [0.15, 0.2) is 70.0 Å². The number of aryl methyl sites for hydroxylation is 1. The zero-order chi connectivity index (χ0) is 16.1. The molecule has 2 aromatic rings. The van der Waals surface area contributed by atoms with Gasteiger partial charge in [0.05, 0.1) is 18.4 Å². The number of nitrogens with zero attached hydrogens (tertiary/aromatic N) is 3. The zero-order valence-electron chi connectivity index (χ0n) is 12.8. The second-order valence-electron chi connectivity index (χ2n) is 5.28. The Labute approximate surface area is 139 Å². The van der Waals surface area contributed by atoms with E-state index < -0.39 is 0 Å². The largest absolute Gasteiger partial charge is 0.304 e. The summed E-state index contributed by atoms with van der Waals surface area (Å²) in [6.07, 6.45) is 5.11. The third-order valence-electron chi connectivity index (χ3n) is 3.52. The fraction of sp³-hybridized carbons (Fsp3) is 0.167. The maximum atomic E-state index is 12.6. The van der Waals surface area contributed by atoms with Crippen LogP contribution in [0.4, 0.5) is 0 Å². The molecule has 1 aliphatic heterocycles. The molecule has 0 radical (unpaired) electrons. The Kier molecular flexibility index (Phi) is 4.78. The van der Waals surface area contributed by atoms with E-state index in [0.29, 0.717) is 13.1 Å². The van der Waals surface area contributed by atoms with Crippen LogP contribution >= 0.6 is 11.3 Å². The second-order valence-corrected chi connectivity index (χ2v) is 6.32. The Morgan fingerprint density at radius 3 is 2.78 bits per heavy atom. The van der Waals surface area contributed by atoms with Gasteiger partial charge in [-0.1, -0.05) is 35.9 Å². The van der Waals surface area contributed by atoms with Crippen LogP contribution in [0.5, 0.6) is 0 Å². The van der Waals surface area contributed by atoms with Gasteiger partial charge < -0.3 is 4.90 Å². The highest BCUT2D eigenvalue weighted by Gasteiger charge is 2.18. The number of benzene rings is 1. The number of carbonyl (C=O) groups is 1. The number of azo groups is 1. The predicted molar refractivity (Wildman–Crippen MR) is 92.9 cm³/mol. The molecule has 0 bridgehead atoms. The average Bonchev–Trinajstić information content (AvgIpc) is 3.25. The Balaban J connectivity index is 1.75. The van der Waals surface area contributed by atoms with Gasteiger partial charge in [0.15, 0.2) is 0 Å². The molecular weight excluding hydrogens is 306 g/mol. The summed E-state index contributed by atoms with van der Waals surface area (Å²) < 4.78 is 0. The van der Waals surface area contributed by atoms with Crippen molar-refractivity contribution in [3.05, 3.63) is 75.8 Å². The smallest absolute Gasteiger partial charge is 0.251 e. The molecule has 3 rings (SSSR count). The first kappa shape index (κ1) is 15.4. The highest BCUT2D eigenvalue weighted by molar-refractivity contribution is 7.09. The molecule has 0 unspecified atom stereocenters. The van der Waals surface area contributed by atoms with Gasteiger partial charge in [0.1, 0.15) is 6.54 Å². The van der Waals surface area contributed by atoms with E-state index in [0.717, 1.165) is 16.1 Å². The van der Waals surface area contributed by atoms with Crippen molar-refractivity contribution >= 4 is 23.3 Å². The molecule has 5 heteroatoms. The minimum absolute atomic E-state index is 0.0578. The summed E-state index contributed by atoms with van der Waals surface area (Å²) in [5, 5.41) is 9.83. The number of amides is 1. The highest BCUT2D eigenvalue weighted by atomic mass is 32.1. The van der Waals surface area contributed by atoms with Crippen LogP contribution in [0, 0.1) is 6.92 Å². The number of thiophene rings is 1. The number of hydrogen-bond donors (Lipinski definition) is 0. The Morgan fingerprint density at radius 2 is 2.13 bits per heavy atom. The molecule has 0 aliphatic carbocycles. The van der Waals surface area contributed by atoms with E-state index in [2.05, 4.69) is 10.2 Å². The van der Waals surface area contributed by atoms with Crippen LogP contribution in [0.25, 0.3) is 6.08 Å². The van der Waals surface area contributed by atoms with Gasteiger partial charge in [0, 0.05) is 11.0 Å². The van der Waals surface area contributed by atoms with Gasteiger partial charge in [0.25, 0.3) is 5.91 Å². The number of carbonyl (C=O) groups excluding carboxylic acids is 1. The quantitative estimate of drug-likeness (QED) is 0.752. The third-order valence-corrected chi connectivity index (χ3v) is 4.38. The summed E-state index contributed by atoms with van der Waals surface area (Å²) in [6, 6.07) is 12.1. The van der Waals surface area contributed by atoms with Crippen LogP contribution < -0.4 is 0 Å². The third kappa shape index (κ3) is 4.02. The number of hydrogen-bond acceptors (Lipinski definition) is 4. The van der Waals surface area contributed by atoms with Gasteiger partial charge in [-0.3, -0.25) is 4.79 Å². The van der Waals surface area contributed by atoms with Crippen molar-refractivity contribution in [1.82, 2.24) is 4.90 Å². The number of rotatable bonds is 5. The van der Waals surface area contributed by atoms with Crippen molar-refractivity contribution in [2.24, 2.45) is 10.2 Å². The molecule has 0 fully saturated rings. The van der Waals surface area contributed by atoms with E-state index in [9.17, 15) is 4.79 Å². The van der Waals surface area contributed by atoms with Crippen LogP contribution in [0.3, 0.4) is 0 Å². The molecule has 1 aliphatic rings. The highest BCUT2D eigenvalue weighted by Crippen LogP contribution is 2.19. The van der Waals surface area contributed by atoms with E-state index in [1.165, 1.54) is 5.56 Å². The standard InChI is InChI=1S/C18H17N3OS/c1-14-4-6-15(7-5-14)8-9-18(22)21(16-11-19-20-12-16)13-17-3-2-10-23-17/h2-11H,12-13H2,1H3/b9-8+. The first-order valence-electron chi connectivity index (χ1n) is 7.36. The van der Waals surface area contributed by atoms with Crippen molar-refractivity contribution in [2.75, 3.05) is 6.54 Å².